The number of rotatable bonds is 6. The van der Waals surface area contributed by atoms with Crippen molar-refractivity contribution in [3.63, 3.8) is 0 Å². The van der Waals surface area contributed by atoms with E-state index in [1.165, 1.54) is 4.31 Å². The molecular weight excluding hydrogens is 386 g/mol. The third-order valence-electron chi connectivity index (χ3n) is 5.43. The molecule has 2 aromatic rings. The summed E-state index contributed by atoms with van der Waals surface area (Å²) in [6.07, 6.45) is 7.83. The monoisotopic (exact) mass is 411 g/mol. The molecule has 2 aliphatic rings. The molecule has 2 fully saturated rings. The van der Waals surface area contributed by atoms with Crippen molar-refractivity contribution in [3.8, 4) is 0 Å². The average Bonchev–Trinajstić information content (AvgIpc) is 3.49. The quantitative estimate of drug-likeness (QED) is 0.683. The van der Waals surface area contributed by atoms with E-state index in [-0.39, 0.29) is 23.7 Å². The Kier molecular flexibility index (Phi) is 5.41. The number of hydrogen-bond donors (Lipinski definition) is 0. The van der Waals surface area contributed by atoms with Crippen LogP contribution in [0.3, 0.4) is 0 Å². The fourth-order valence-electron chi connectivity index (χ4n) is 3.74. The summed E-state index contributed by atoms with van der Waals surface area (Å²) >= 11 is 0. The van der Waals surface area contributed by atoms with E-state index in [9.17, 15) is 13.2 Å². The molecule has 1 aliphatic heterocycles. The number of anilines is 1. The highest BCUT2D eigenvalue weighted by Crippen LogP contribution is 2.34. The zero-order valence-corrected chi connectivity index (χ0v) is 17.3. The van der Waals surface area contributed by atoms with Crippen molar-refractivity contribution >= 4 is 27.7 Å². The zero-order chi connectivity index (χ0) is 20.4. The summed E-state index contributed by atoms with van der Waals surface area (Å²) in [5.41, 5.74) is 2.42. The summed E-state index contributed by atoms with van der Waals surface area (Å²) in [4.78, 5) is 19.2. The molecule has 4 rings (SSSR count). The van der Waals surface area contributed by atoms with Crippen LogP contribution >= 0.6 is 0 Å². The number of nitrogens with zero attached hydrogens (tertiary/aromatic N) is 3. The first kappa shape index (κ1) is 19.6. The number of amides is 1. The second kappa shape index (κ2) is 7.99. The van der Waals surface area contributed by atoms with Crippen LogP contribution in [0, 0.1) is 0 Å². The predicted octanol–water partition coefficient (Wildman–Crippen LogP) is 3.39. The highest BCUT2D eigenvalue weighted by atomic mass is 32.2. The number of carbonyl (C=O) groups excluding carboxylic acids is 1. The van der Waals surface area contributed by atoms with Gasteiger partial charge in [0.2, 0.25) is 15.9 Å². The van der Waals surface area contributed by atoms with Crippen molar-refractivity contribution in [1.29, 1.82) is 0 Å². The van der Waals surface area contributed by atoms with Crippen molar-refractivity contribution in [2.24, 2.45) is 0 Å². The topological polar surface area (TPSA) is 70.6 Å². The SMILES string of the molecule is CC(c1ccccn1)N(C(=O)C=Cc1ccc(N2CCCS2(=O)=O)cc1)C1CC1. The minimum atomic E-state index is -3.18. The highest BCUT2D eigenvalue weighted by molar-refractivity contribution is 7.93. The summed E-state index contributed by atoms with van der Waals surface area (Å²) in [7, 11) is -3.18. The molecule has 0 radical (unpaired) electrons. The Morgan fingerprint density at radius 1 is 1.21 bits per heavy atom. The molecule has 1 aromatic heterocycles. The Morgan fingerprint density at radius 3 is 2.55 bits per heavy atom. The lowest BCUT2D eigenvalue weighted by atomic mass is 10.1. The molecule has 29 heavy (non-hydrogen) atoms. The molecule has 2 heterocycles. The molecule has 1 saturated heterocycles. The van der Waals surface area contributed by atoms with Gasteiger partial charge in [0.25, 0.3) is 0 Å². The van der Waals surface area contributed by atoms with Crippen LogP contribution in [-0.2, 0) is 14.8 Å². The standard InChI is InChI=1S/C22H25N3O3S/c1-17(21-5-2-3-14-23-21)25(20-11-12-20)22(26)13-8-18-6-9-19(10-7-18)24-15-4-16-29(24,27)28/h2-3,5-10,13-14,17,20H,4,11-12,15-16H2,1H3. The van der Waals surface area contributed by atoms with E-state index in [1.54, 1.807) is 30.5 Å². The lowest BCUT2D eigenvalue weighted by Gasteiger charge is -2.28. The van der Waals surface area contributed by atoms with E-state index in [0.717, 1.165) is 24.1 Å². The molecule has 1 atom stereocenters. The van der Waals surface area contributed by atoms with Crippen LogP contribution in [0.15, 0.2) is 54.7 Å². The van der Waals surface area contributed by atoms with Gasteiger partial charge >= 0.3 is 0 Å². The third-order valence-corrected chi connectivity index (χ3v) is 7.30. The van der Waals surface area contributed by atoms with Gasteiger partial charge in [-0.3, -0.25) is 14.1 Å². The van der Waals surface area contributed by atoms with E-state index in [2.05, 4.69) is 4.98 Å². The van der Waals surface area contributed by atoms with E-state index in [1.807, 2.05) is 42.2 Å². The summed E-state index contributed by atoms with van der Waals surface area (Å²) in [6, 6.07) is 13.2. The molecule has 0 bridgehead atoms. The summed E-state index contributed by atoms with van der Waals surface area (Å²) in [6.45, 7) is 2.54. The van der Waals surface area contributed by atoms with Gasteiger partial charge < -0.3 is 4.90 Å². The van der Waals surface area contributed by atoms with Crippen LogP contribution in [0.2, 0.25) is 0 Å². The summed E-state index contributed by atoms with van der Waals surface area (Å²) in [5, 5.41) is 0. The van der Waals surface area contributed by atoms with Gasteiger partial charge in [0, 0.05) is 24.9 Å². The number of hydrogen-bond acceptors (Lipinski definition) is 4. The summed E-state index contributed by atoms with van der Waals surface area (Å²) < 4.78 is 25.5. The van der Waals surface area contributed by atoms with Gasteiger partial charge in [-0.15, -0.1) is 0 Å². The molecule has 1 amide bonds. The minimum absolute atomic E-state index is 0.0307. The molecule has 1 aliphatic carbocycles. The third kappa shape index (κ3) is 4.34. The molecule has 1 saturated carbocycles. The molecule has 1 aromatic carbocycles. The van der Waals surface area contributed by atoms with Crippen molar-refractivity contribution in [2.45, 2.75) is 38.3 Å². The van der Waals surface area contributed by atoms with Gasteiger partial charge in [0.15, 0.2) is 0 Å². The van der Waals surface area contributed by atoms with Crippen LogP contribution in [0.4, 0.5) is 5.69 Å². The van der Waals surface area contributed by atoms with E-state index >= 15 is 0 Å². The van der Waals surface area contributed by atoms with Crippen LogP contribution in [0.1, 0.15) is 43.5 Å². The van der Waals surface area contributed by atoms with Crippen LogP contribution in [0.25, 0.3) is 6.08 Å². The zero-order valence-electron chi connectivity index (χ0n) is 16.4. The van der Waals surface area contributed by atoms with Gasteiger partial charge in [-0.2, -0.15) is 0 Å². The first-order valence-corrected chi connectivity index (χ1v) is 11.6. The fraction of sp³-hybridized carbons (Fsp3) is 0.364. The lowest BCUT2D eigenvalue weighted by Crippen LogP contribution is -2.34. The minimum Gasteiger partial charge on any atom is -0.328 e. The molecule has 7 heteroatoms. The average molecular weight is 412 g/mol. The van der Waals surface area contributed by atoms with Crippen LogP contribution < -0.4 is 4.31 Å². The maximum Gasteiger partial charge on any atom is 0.247 e. The van der Waals surface area contributed by atoms with E-state index < -0.39 is 10.0 Å². The maximum atomic E-state index is 12.9. The molecule has 6 nitrogen and oxygen atoms in total. The smallest absolute Gasteiger partial charge is 0.247 e. The highest BCUT2D eigenvalue weighted by Gasteiger charge is 2.35. The molecular formula is C22H25N3O3S. The van der Waals surface area contributed by atoms with Gasteiger partial charge in [0.05, 0.1) is 23.2 Å². The van der Waals surface area contributed by atoms with Crippen molar-refractivity contribution < 1.29 is 13.2 Å². The van der Waals surface area contributed by atoms with Gasteiger partial charge in [-0.05, 0) is 62.1 Å². The Morgan fingerprint density at radius 2 is 1.97 bits per heavy atom. The van der Waals surface area contributed by atoms with Gasteiger partial charge in [0.1, 0.15) is 0 Å². The first-order valence-electron chi connectivity index (χ1n) is 9.97. The van der Waals surface area contributed by atoms with E-state index in [0.29, 0.717) is 18.7 Å². The fourth-order valence-corrected chi connectivity index (χ4v) is 5.30. The van der Waals surface area contributed by atoms with Crippen LogP contribution in [0.5, 0.6) is 0 Å². The molecule has 0 spiro atoms. The Hall–Kier alpha value is -2.67. The Bertz CT molecular complexity index is 999. The Balaban J connectivity index is 1.47. The molecule has 152 valence electrons. The number of sulfonamides is 1. The number of pyridine rings is 1. The number of carbonyl (C=O) groups is 1. The number of benzene rings is 1. The van der Waals surface area contributed by atoms with Crippen molar-refractivity contribution in [1.82, 2.24) is 9.88 Å². The molecule has 1 unspecified atom stereocenters. The predicted molar refractivity (Wildman–Crippen MR) is 114 cm³/mol. The van der Waals surface area contributed by atoms with Gasteiger partial charge in [-0.25, -0.2) is 8.42 Å². The number of aromatic nitrogens is 1. The largest absolute Gasteiger partial charge is 0.328 e. The van der Waals surface area contributed by atoms with Crippen molar-refractivity contribution in [3.05, 3.63) is 66.0 Å². The lowest BCUT2D eigenvalue weighted by molar-refractivity contribution is -0.128. The van der Waals surface area contributed by atoms with Crippen LogP contribution in [-0.4, -0.2) is 42.5 Å². The first-order chi connectivity index (χ1) is 14.0. The molecule has 0 N–H and O–H groups in total. The summed E-state index contributed by atoms with van der Waals surface area (Å²) in [5.74, 6) is 0.172. The van der Waals surface area contributed by atoms with Crippen molar-refractivity contribution in [2.75, 3.05) is 16.6 Å². The normalized spacial score (nSPS) is 19.4. The van der Waals surface area contributed by atoms with E-state index in [4.69, 9.17) is 0 Å². The van der Waals surface area contributed by atoms with Gasteiger partial charge in [-0.1, -0.05) is 18.2 Å². The second-order valence-electron chi connectivity index (χ2n) is 7.57. The maximum absolute atomic E-state index is 12.9. The Labute approximate surface area is 171 Å². The second-order valence-corrected chi connectivity index (χ2v) is 9.59.